The molecule has 3 heteroatoms. The van der Waals surface area contributed by atoms with Crippen LogP contribution in [0.2, 0.25) is 0 Å². The average Bonchev–Trinajstić information content (AvgIpc) is 2.56. The molecule has 110 valence electrons. The first-order valence-corrected chi connectivity index (χ1v) is 7.23. The third kappa shape index (κ3) is 2.91. The molecule has 0 aliphatic carbocycles. The number of hydrogen-bond acceptors (Lipinski definition) is 3. The second-order valence-electron chi connectivity index (χ2n) is 4.62. The van der Waals surface area contributed by atoms with Crippen molar-refractivity contribution >= 4 is 11.0 Å². The van der Waals surface area contributed by atoms with Gasteiger partial charge in [0.15, 0.2) is 0 Å². The lowest BCUT2D eigenvalue weighted by atomic mass is 9.97. The van der Waals surface area contributed by atoms with Gasteiger partial charge in [-0.1, -0.05) is 38.1 Å². The monoisotopic (exact) mass is 291 g/mol. The van der Waals surface area contributed by atoms with Crippen LogP contribution in [0, 0.1) is 18.3 Å². The van der Waals surface area contributed by atoms with E-state index in [2.05, 4.69) is 0 Å². The van der Waals surface area contributed by atoms with Gasteiger partial charge in [0.25, 0.3) is 0 Å². The van der Waals surface area contributed by atoms with Gasteiger partial charge in [-0.15, -0.1) is 0 Å². The van der Waals surface area contributed by atoms with Crippen molar-refractivity contribution in [3.05, 3.63) is 70.1 Å². The zero-order chi connectivity index (χ0) is 16.1. The maximum Gasteiger partial charge on any atom is 0.336 e. The van der Waals surface area contributed by atoms with Crippen LogP contribution in [0.5, 0.6) is 0 Å². The lowest BCUT2D eigenvalue weighted by Crippen LogP contribution is -1.99. The van der Waals surface area contributed by atoms with Crippen LogP contribution in [0.15, 0.2) is 57.7 Å². The summed E-state index contributed by atoms with van der Waals surface area (Å²) >= 11 is 0. The van der Waals surface area contributed by atoms with E-state index in [1.807, 2.05) is 57.2 Å². The Labute approximate surface area is 129 Å². The Kier molecular flexibility index (Phi) is 4.75. The van der Waals surface area contributed by atoms with Crippen molar-refractivity contribution < 1.29 is 4.42 Å². The number of benzene rings is 2. The van der Waals surface area contributed by atoms with Crippen LogP contribution in [-0.2, 0) is 0 Å². The third-order valence-corrected chi connectivity index (χ3v) is 3.31. The first kappa shape index (κ1) is 15.5. The molecule has 0 bridgehead atoms. The van der Waals surface area contributed by atoms with Gasteiger partial charge in [-0.05, 0) is 36.2 Å². The predicted molar refractivity (Wildman–Crippen MR) is 88.7 cm³/mol. The molecule has 1 aromatic heterocycles. The van der Waals surface area contributed by atoms with Crippen molar-refractivity contribution in [2.24, 2.45) is 0 Å². The van der Waals surface area contributed by atoms with Crippen LogP contribution in [0.3, 0.4) is 0 Å². The fourth-order valence-electron chi connectivity index (χ4n) is 2.33. The zero-order valence-electron chi connectivity index (χ0n) is 12.9. The number of rotatable bonds is 1. The highest BCUT2D eigenvalue weighted by molar-refractivity contribution is 5.94. The Morgan fingerprint density at radius 1 is 1.00 bits per heavy atom. The Balaban J connectivity index is 0.000000847. The predicted octanol–water partition coefficient (Wildman–Crippen LogP) is 4.67. The summed E-state index contributed by atoms with van der Waals surface area (Å²) in [6, 6.07) is 16.6. The van der Waals surface area contributed by atoms with Gasteiger partial charge in [0.1, 0.15) is 5.58 Å². The summed E-state index contributed by atoms with van der Waals surface area (Å²) in [6.45, 7) is 6.00. The van der Waals surface area contributed by atoms with E-state index in [4.69, 9.17) is 9.68 Å². The summed E-state index contributed by atoms with van der Waals surface area (Å²) in [7, 11) is 0. The van der Waals surface area contributed by atoms with Crippen molar-refractivity contribution in [3.8, 4) is 17.2 Å². The minimum absolute atomic E-state index is 0.411. The average molecular weight is 291 g/mol. The van der Waals surface area contributed by atoms with Crippen LogP contribution in [-0.4, -0.2) is 0 Å². The highest BCUT2D eigenvalue weighted by atomic mass is 16.4. The molecule has 3 rings (SSSR count). The van der Waals surface area contributed by atoms with Gasteiger partial charge in [0, 0.05) is 17.0 Å². The summed E-state index contributed by atoms with van der Waals surface area (Å²) in [6.07, 6.45) is 0. The van der Waals surface area contributed by atoms with Gasteiger partial charge in [-0.2, -0.15) is 5.26 Å². The number of nitriles is 1. The van der Waals surface area contributed by atoms with Gasteiger partial charge >= 0.3 is 5.63 Å². The molecule has 0 unspecified atom stereocenters. The van der Waals surface area contributed by atoms with Crippen molar-refractivity contribution in [1.82, 2.24) is 0 Å². The fourth-order valence-corrected chi connectivity index (χ4v) is 2.33. The fraction of sp³-hybridized carbons (Fsp3) is 0.158. The topological polar surface area (TPSA) is 54.0 Å². The summed E-state index contributed by atoms with van der Waals surface area (Å²) in [5.74, 6) is 0. The summed E-state index contributed by atoms with van der Waals surface area (Å²) in [5, 5.41) is 9.76. The Morgan fingerprint density at radius 3 is 2.41 bits per heavy atom. The Bertz CT molecular complexity index is 901. The quantitative estimate of drug-likeness (QED) is 0.612. The van der Waals surface area contributed by atoms with Crippen molar-refractivity contribution in [2.45, 2.75) is 20.8 Å². The van der Waals surface area contributed by atoms with E-state index in [1.54, 1.807) is 12.1 Å². The highest BCUT2D eigenvalue weighted by Gasteiger charge is 2.10. The summed E-state index contributed by atoms with van der Waals surface area (Å²) in [5.41, 5.74) is 3.42. The number of nitrogens with zero attached hydrogens (tertiary/aromatic N) is 1. The SMILES string of the molecule is CC.Cc1ccccc1-c1cc(=O)oc2cc(C#N)ccc12. The molecule has 0 spiro atoms. The van der Waals surface area contributed by atoms with Crippen LogP contribution in [0.1, 0.15) is 25.0 Å². The molecule has 0 aliphatic heterocycles. The van der Waals surface area contributed by atoms with E-state index in [0.717, 1.165) is 22.1 Å². The Hall–Kier alpha value is -2.86. The number of fused-ring (bicyclic) bond motifs is 1. The van der Waals surface area contributed by atoms with Crippen molar-refractivity contribution in [3.63, 3.8) is 0 Å². The van der Waals surface area contributed by atoms with E-state index in [1.165, 1.54) is 6.07 Å². The lowest BCUT2D eigenvalue weighted by molar-refractivity contribution is 0.561. The van der Waals surface area contributed by atoms with E-state index in [9.17, 15) is 4.79 Å². The molecule has 0 saturated carbocycles. The first-order chi connectivity index (χ1) is 10.7. The summed E-state index contributed by atoms with van der Waals surface area (Å²) in [4.78, 5) is 11.7. The molecule has 0 saturated heterocycles. The van der Waals surface area contributed by atoms with E-state index >= 15 is 0 Å². The zero-order valence-corrected chi connectivity index (χ0v) is 12.9. The second kappa shape index (κ2) is 6.73. The third-order valence-electron chi connectivity index (χ3n) is 3.31. The first-order valence-electron chi connectivity index (χ1n) is 7.23. The van der Waals surface area contributed by atoms with Gasteiger partial charge in [0.2, 0.25) is 0 Å². The van der Waals surface area contributed by atoms with Crippen LogP contribution >= 0.6 is 0 Å². The number of hydrogen-bond donors (Lipinski definition) is 0. The number of aryl methyl sites for hydroxylation is 1. The molecule has 22 heavy (non-hydrogen) atoms. The van der Waals surface area contributed by atoms with E-state index in [0.29, 0.717) is 11.1 Å². The van der Waals surface area contributed by atoms with E-state index in [-0.39, 0.29) is 0 Å². The van der Waals surface area contributed by atoms with Crippen LogP contribution in [0.25, 0.3) is 22.1 Å². The minimum atomic E-state index is -0.411. The molecule has 1 heterocycles. The van der Waals surface area contributed by atoms with Crippen molar-refractivity contribution in [2.75, 3.05) is 0 Å². The van der Waals surface area contributed by atoms with E-state index < -0.39 is 5.63 Å². The standard InChI is InChI=1S/C17H11NO2.C2H6/c1-11-4-2-3-5-13(11)15-9-17(19)20-16-8-12(10-18)6-7-14(15)16;1-2/h2-9H,1H3;1-2H3. The molecule has 0 atom stereocenters. The molecule has 0 fully saturated rings. The molecule has 0 radical (unpaired) electrons. The maximum atomic E-state index is 11.7. The minimum Gasteiger partial charge on any atom is -0.423 e. The molecule has 0 N–H and O–H groups in total. The smallest absolute Gasteiger partial charge is 0.336 e. The van der Waals surface area contributed by atoms with Crippen LogP contribution in [0.4, 0.5) is 0 Å². The van der Waals surface area contributed by atoms with Gasteiger partial charge in [0.05, 0.1) is 11.6 Å². The Morgan fingerprint density at radius 2 is 1.73 bits per heavy atom. The molecule has 0 aliphatic rings. The molecule has 0 amide bonds. The van der Waals surface area contributed by atoms with Gasteiger partial charge in [-0.3, -0.25) is 0 Å². The van der Waals surface area contributed by atoms with Crippen molar-refractivity contribution in [1.29, 1.82) is 5.26 Å². The maximum absolute atomic E-state index is 11.7. The van der Waals surface area contributed by atoms with Gasteiger partial charge in [-0.25, -0.2) is 4.79 Å². The molecular weight excluding hydrogens is 274 g/mol. The molecular formula is C19H17NO2. The lowest BCUT2D eigenvalue weighted by Gasteiger charge is -2.08. The molecule has 3 nitrogen and oxygen atoms in total. The van der Waals surface area contributed by atoms with Gasteiger partial charge < -0.3 is 4.42 Å². The largest absolute Gasteiger partial charge is 0.423 e. The summed E-state index contributed by atoms with van der Waals surface area (Å²) < 4.78 is 5.20. The van der Waals surface area contributed by atoms with Crippen LogP contribution < -0.4 is 5.63 Å². The second-order valence-corrected chi connectivity index (χ2v) is 4.62. The highest BCUT2D eigenvalue weighted by Crippen LogP contribution is 2.29. The molecule has 3 aromatic rings. The normalized spacial score (nSPS) is 9.73. The molecule has 2 aromatic carbocycles.